The van der Waals surface area contributed by atoms with E-state index in [0.717, 1.165) is 13.1 Å². The van der Waals surface area contributed by atoms with Crippen molar-refractivity contribution in [2.75, 3.05) is 25.5 Å². The first-order valence-corrected chi connectivity index (χ1v) is 3.97. The second-order valence-corrected chi connectivity index (χ2v) is 2.43. The Bertz CT molecular complexity index is 304. The van der Waals surface area contributed by atoms with Crippen LogP contribution in [0.5, 0.6) is 0 Å². The second kappa shape index (κ2) is 5.06. The first-order valence-electron chi connectivity index (χ1n) is 3.97. The second-order valence-electron chi connectivity index (χ2n) is 2.43. The summed E-state index contributed by atoms with van der Waals surface area (Å²) in [5.41, 5.74) is 0.377. The van der Waals surface area contributed by atoms with E-state index in [2.05, 4.69) is 20.6 Å². The highest BCUT2D eigenvalue weighted by Gasteiger charge is 1.95. The number of nitrogens with zero attached hydrogens (tertiary/aromatic N) is 3. The fourth-order valence-corrected chi connectivity index (χ4v) is 0.831. The van der Waals surface area contributed by atoms with Gasteiger partial charge in [-0.25, -0.2) is 9.97 Å². The SMILES string of the molecule is CNCCNc1cc(C#N)ncn1. The molecule has 0 unspecified atom stereocenters. The number of nitrogens with one attached hydrogen (secondary N) is 2. The van der Waals surface area contributed by atoms with E-state index in [0.29, 0.717) is 11.5 Å². The molecule has 0 radical (unpaired) electrons. The van der Waals surface area contributed by atoms with Crippen LogP contribution in [0, 0.1) is 11.3 Å². The zero-order chi connectivity index (χ0) is 9.52. The van der Waals surface area contributed by atoms with Crippen molar-refractivity contribution < 1.29 is 0 Å². The number of likely N-dealkylation sites (N-methyl/N-ethyl adjacent to an activating group) is 1. The molecule has 1 aromatic heterocycles. The molecule has 0 amide bonds. The minimum absolute atomic E-state index is 0.377. The third-order valence-electron chi connectivity index (χ3n) is 1.46. The van der Waals surface area contributed by atoms with E-state index in [1.165, 1.54) is 6.33 Å². The molecule has 5 heteroatoms. The summed E-state index contributed by atoms with van der Waals surface area (Å²) in [6, 6.07) is 3.57. The van der Waals surface area contributed by atoms with E-state index in [1.807, 2.05) is 13.1 Å². The van der Waals surface area contributed by atoms with Crippen molar-refractivity contribution in [2.24, 2.45) is 0 Å². The largest absolute Gasteiger partial charge is 0.369 e. The Labute approximate surface area is 76.8 Å². The summed E-state index contributed by atoms with van der Waals surface area (Å²) in [6.45, 7) is 1.63. The van der Waals surface area contributed by atoms with E-state index in [4.69, 9.17) is 5.26 Å². The maximum Gasteiger partial charge on any atom is 0.145 e. The van der Waals surface area contributed by atoms with E-state index in [-0.39, 0.29) is 0 Å². The maximum absolute atomic E-state index is 8.55. The fraction of sp³-hybridized carbons (Fsp3) is 0.375. The lowest BCUT2D eigenvalue weighted by molar-refractivity contribution is 0.820. The van der Waals surface area contributed by atoms with Crippen LogP contribution in [0.1, 0.15) is 5.69 Å². The van der Waals surface area contributed by atoms with Crippen LogP contribution in [-0.2, 0) is 0 Å². The molecule has 0 saturated carbocycles. The third-order valence-corrected chi connectivity index (χ3v) is 1.46. The number of rotatable bonds is 4. The molecule has 5 nitrogen and oxygen atoms in total. The van der Waals surface area contributed by atoms with Crippen LogP contribution in [-0.4, -0.2) is 30.1 Å². The van der Waals surface area contributed by atoms with Gasteiger partial charge in [-0.15, -0.1) is 0 Å². The van der Waals surface area contributed by atoms with E-state index in [1.54, 1.807) is 6.07 Å². The van der Waals surface area contributed by atoms with Crippen LogP contribution in [0.3, 0.4) is 0 Å². The molecule has 0 aromatic carbocycles. The van der Waals surface area contributed by atoms with Crippen molar-refractivity contribution in [2.45, 2.75) is 0 Å². The van der Waals surface area contributed by atoms with Crippen LogP contribution in [0.25, 0.3) is 0 Å². The smallest absolute Gasteiger partial charge is 0.145 e. The average Bonchev–Trinajstić information content (AvgIpc) is 2.19. The molecule has 2 N–H and O–H groups in total. The molecule has 0 fully saturated rings. The highest BCUT2D eigenvalue weighted by atomic mass is 15.0. The van der Waals surface area contributed by atoms with E-state index >= 15 is 0 Å². The van der Waals surface area contributed by atoms with Gasteiger partial charge in [0.2, 0.25) is 0 Å². The van der Waals surface area contributed by atoms with Crippen LogP contribution in [0.2, 0.25) is 0 Å². The fourth-order valence-electron chi connectivity index (χ4n) is 0.831. The summed E-state index contributed by atoms with van der Waals surface area (Å²) in [4.78, 5) is 7.72. The van der Waals surface area contributed by atoms with Crippen LogP contribution in [0.15, 0.2) is 12.4 Å². The van der Waals surface area contributed by atoms with Gasteiger partial charge >= 0.3 is 0 Å². The number of aromatic nitrogens is 2. The number of hydrogen-bond donors (Lipinski definition) is 2. The zero-order valence-corrected chi connectivity index (χ0v) is 7.41. The van der Waals surface area contributed by atoms with Gasteiger partial charge in [0.05, 0.1) is 0 Å². The van der Waals surface area contributed by atoms with Crippen molar-refractivity contribution in [1.29, 1.82) is 5.26 Å². The Morgan fingerprint density at radius 2 is 2.31 bits per heavy atom. The lowest BCUT2D eigenvalue weighted by Crippen LogP contribution is -2.18. The highest BCUT2D eigenvalue weighted by Crippen LogP contribution is 2.01. The minimum Gasteiger partial charge on any atom is -0.369 e. The standard InChI is InChI=1S/C8H11N5/c1-10-2-3-11-8-4-7(5-9)12-6-13-8/h4,6,10H,2-3H2,1H3,(H,11,12,13). The van der Waals surface area contributed by atoms with Crippen LogP contribution >= 0.6 is 0 Å². The summed E-state index contributed by atoms with van der Waals surface area (Å²) >= 11 is 0. The monoisotopic (exact) mass is 177 g/mol. The van der Waals surface area contributed by atoms with Gasteiger partial charge < -0.3 is 10.6 Å². The molecule has 1 heterocycles. The minimum atomic E-state index is 0.377. The summed E-state index contributed by atoms with van der Waals surface area (Å²) in [6.07, 6.45) is 1.38. The highest BCUT2D eigenvalue weighted by molar-refractivity contribution is 5.38. The summed E-state index contributed by atoms with van der Waals surface area (Å²) in [5, 5.41) is 14.6. The Morgan fingerprint density at radius 1 is 1.46 bits per heavy atom. The number of anilines is 1. The summed E-state index contributed by atoms with van der Waals surface area (Å²) in [5.74, 6) is 0.682. The normalized spacial score (nSPS) is 9.23. The van der Waals surface area contributed by atoms with Crippen molar-refractivity contribution in [3.05, 3.63) is 18.1 Å². The lowest BCUT2D eigenvalue weighted by atomic mass is 10.4. The van der Waals surface area contributed by atoms with Gasteiger partial charge in [0.25, 0.3) is 0 Å². The van der Waals surface area contributed by atoms with Gasteiger partial charge in [-0.1, -0.05) is 0 Å². The quantitative estimate of drug-likeness (QED) is 0.632. The summed E-state index contributed by atoms with van der Waals surface area (Å²) < 4.78 is 0. The zero-order valence-electron chi connectivity index (χ0n) is 7.41. The van der Waals surface area contributed by atoms with E-state index < -0.39 is 0 Å². The predicted molar refractivity (Wildman–Crippen MR) is 49.2 cm³/mol. The molecule has 13 heavy (non-hydrogen) atoms. The average molecular weight is 177 g/mol. The molecule has 0 bridgehead atoms. The predicted octanol–water partition coefficient (Wildman–Crippen LogP) is -0.0204. The van der Waals surface area contributed by atoms with Gasteiger partial charge in [-0.2, -0.15) is 5.26 Å². The molecular weight excluding hydrogens is 166 g/mol. The van der Waals surface area contributed by atoms with Gasteiger partial charge in [-0.05, 0) is 7.05 Å². The Kier molecular flexibility index (Phi) is 3.67. The Hall–Kier alpha value is -1.67. The van der Waals surface area contributed by atoms with Crippen LogP contribution in [0.4, 0.5) is 5.82 Å². The van der Waals surface area contributed by atoms with Crippen molar-refractivity contribution in [1.82, 2.24) is 15.3 Å². The molecule has 1 aromatic rings. The topological polar surface area (TPSA) is 73.6 Å². The van der Waals surface area contributed by atoms with Gasteiger partial charge in [-0.3, -0.25) is 0 Å². The van der Waals surface area contributed by atoms with Crippen molar-refractivity contribution in [3.63, 3.8) is 0 Å². The summed E-state index contributed by atoms with van der Waals surface area (Å²) in [7, 11) is 1.88. The molecule has 0 aliphatic rings. The first kappa shape index (κ1) is 9.42. The molecular formula is C8H11N5. The van der Waals surface area contributed by atoms with Gasteiger partial charge in [0, 0.05) is 19.2 Å². The Balaban J connectivity index is 2.52. The maximum atomic E-state index is 8.55. The van der Waals surface area contributed by atoms with Gasteiger partial charge in [0.15, 0.2) is 0 Å². The molecule has 0 spiro atoms. The number of hydrogen-bond acceptors (Lipinski definition) is 5. The Morgan fingerprint density at radius 3 is 3.00 bits per heavy atom. The van der Waals surface area contributed by atoms with E-state index in [9.17, 15) is 0 Å². The lowest BCUT2D eigenvalue weighted by Gasteiger charge is -2.03. The third kappa shape index (κ3) is 3.05. The molecule has 1 rings (SSSR count). The molecule has 0 aliphatic heterocycles. The molecule has 68 valence electrons. The van der Waals surface area contributed by atoms with Crippen molar-refractivity contribution >= 4 is 5.82 Å². The molecule has 0 atom stereocenters. The van der Waals surface area contributed by atoms with Crippen LogP contribution < -0.4 is 10.6 Å². The molecule has 0 aliphatic carbocycles. The van der Waals surface area contributed by atoms with Gasteiger partial charge in [0.1, 0.15) is 23.9 Å². The number of nitriles is 1. The van der Waals surface area contributed by atoms with Crippen molar-refractivity contribution in [3.8, 4) is 6.07 Å². The first-order chi connectivity index (χ1) is 6.36. The molecule has 0 saturated heterocycles.